The maximum absolute atomic E-state index is 5.69. The van der Waals surface area contributed by atoms with E-state index in [4.69, 9.17) is 9.47 Å². The molecule has 1 unspecified atom stereocenters. The van der Waals surface area contributed by atoms with Crippen molar-refractivity contribution in [2.75, 3.05) is 38.4 Å². The van der Waals surface area contributed by atoms with Gasteiger partial charge >= 0.3 is 0 Å². The second-order valence-electron chi connectivity index (χ2n) is 4.84. The highest BCUT2D eigenvalue weighted by Crippen LogP contribution is 2.32. The van der Waals surface area contributed by atoms with Crippen LogP contribution in [-0.2, 0) is 0 Å². The van der Waals surface area contributed by atoms with E-state index in [-0.39, 0.29) is 0 Å². The maximum Gasteiger partial charge on any atom is 0.195 e. The maximum atomic E-state index is 5.69. The van der Waals surface area contributed by atoms with Crippen molar-refractivity contribution in [3.63, 3.8) is 0 Å². The van der Waals surface area contributed by atoms with Gasteiger partial charge in [-0.25, -0.2) is 0 Å². The monoisotopic (exact) mass is 309 g/mol. The lowest BCUT2D eigenvalue weighted by atomic mass is 10.3. The van der Waals surface area contributed by atoms with Crippen LogP contribution < -0.4 is 20.1 Å². The molecule has 1 aliphatic rings. The van der Waals surface area contributed by atoms with Gasteiger partial charge in [0, 0.05) is 37.0 Å². The van der Waals surface area contributed by atoms with Crippen LogP contribution in [0.2, 0.25) is 0 Å². The molecule has 1 aromatic rings. The van der Waals surface area contributed by atoms with Gasteiger partial charge in [0.2, 0.25) is 0 Å². The molecule has 116 valence electrons. The zero-order valence-corrected chi connectivity index (χ0v) is 13.6. The number of nitrogens with one attached hydrogen (secondary N) is 2. The fraction of sp³-hybridized carbons (Fsp3) is 0.533. The van der Waals surface area contributed by atoms with Gasteiger partial charge in [0.15, 0.2) is 17.5 Å². The van der Waals surface area contributed by atoms with Crippen molar-refractivity contribution in [2.45, 2.75) is 18.6 Å². The van der Waals surface area contributed by atoms with E-state index in [2.05, 4.69) is 28.8 Å². The lowest BCUT2D eigenvalue weighted by Gasteiger charge is -2.15. The smallest absolute Gasteiger partial charge is 0.195 e. The Kier molecular flexibility index (Phi) is 6.04. The Balaban J connectivity index is 1.99. The van der Waals surface area contributed by atoms with Gasteiger partial charge in [-0.3, -0.25) is 4.99 Å². The highest BCUT2D eigenvalue weighted by Gasteiger charge is 2.11. The van der Waals surface area contributed by atoms with Crippen LogP contribution in [0.1, 0.15) is 13.3 Å². The van der Waals surface area contributed by atoms with Crippen LogP contribution in [0, 0.1) is 0 Å². The highest BCUT2D eigenvalue weighted by atomic mass is 32.2. The Labute approximate surface area is 130 Å². The molecule has 0 radical (unpaired) electrons. The number of guanidine groups is 1. The summed E-state index contributed by atoms with van der Waals surface area (Å²) in [5.74, 6) is 2.34. The fourth-order valence-corrected chi connectivity index (χ4v) is 2.13. The van der Waals surface area contributed by atoms with Crippen LogP contribution in [0.15, 0.2) is 23.2 Å². The molecule has 0 spiro atoms. The summed E-state index contributed by atoms with van der Waals surface area (Å²) in [6.45, 7) is 4.44. The third kappa shape index (κ3) is 4.74. The van der Waals surface area contributed by atoms with Crippen LogP contribution in [0.5, 0.6) is 11.5 Å². The average Bonchev–Trinajstić information content (AvgIpc) is 2.75. The summed E-state index contributed by atoms with van der Waals surface area (Å²) < 4.78 is 11.3. The van der Waals surface area contributed by atoms with E-state index >= 15 is 0 Å². The number of rotatable bonds is 4. The summed E-state index contributed by atoms with van der Waals surface area (Å²) >= 11 is 1.82. The summed E-state index contributed by atoms with van der Waals surface area (Å²) in [4.78, 5) is 4.23. The first-order valence-electron chi connectivity index (χ1n) is 7.13. The molecule has 5 nitrogen and oxygen atoms in total. The molecule has 6 heteroatoms. The van der Waals surface area contributed by atoms with E-state index in [9.17, 15) is 0 Å². The predicted molar refractivity (Wildman–Crippen MR) is 90.0 cm³/mol. The molecule has 0 saturated heterocycles. The number of anilines is 1. The van der Waals surface area contributed by atoms with Crippen molar-refractivity contribution in [1.82, 2.24) is 5.32 Å². The van der Waals surface area contributed by atoms with Crippen molar-refractivity contribution >= 4 is 23.4 Å². The average molecular weight is 309 g/mol. The van der Waals surface area contributed by atoms with Gasteiger partial charge in [0.1, 0.15) is 0 Å². The molecule has 1 aliphatic heterocycles. The van der Waals surface area contributed by atoms with Gasteiger partial charge < -0.3 is 20.1 Å². The summed E-state index contributed by atoms with van der Waals surface area (Å²) in [6, 6.07) is 5.85. The Morgan fingerprint density at radius 1 is 1.33 bits per heavy atom. The Morgan fingerprint density at radius 3 is 2.81 bits per heavy atom. The van der Waals surface area contributed by atoms with E-state index in [1.165, 1.54) is 0 Å². The zero-order valence-electron chi connectivity index (χ0n) is 12.8. The highest BCUT2D eigenvalue weighted by molar-refractivity contribution is 7.99. The number of nitrogens with zero attached hydrogens (tertiary/aromatic N) is 1. The minimum absolute atomic E-state index is 0.535. The second kappa shape index (κ2) is 8.02. The third-order valence-corrected chi connectivity index (χ3v) is 4.16. The van der Waals surface area contributed by atoms with Crippen LogP contribution in [0.3, 0.4) is 0 Å². The fourth-order valence-electron chi connectivity index (χ4n) is 1.88. The standard InChI is InChI=1S/C15H23N3O2S/c1-11(21-3)10-17-15(16-2)18-12-5-6-13-14(9-12)20-8-4-7-19-13/h5-6,9,11H,4,7-8,10H2,1-3H3,(H2,16,17,18). The summed E-state index contributed by atoms with van der Waals surface area (Å²) in [7, 11) is 1.77. The molecule has 0 fully saturated rings. The van der Waals surface area contributed by atoms with Crippen molar-refractivity contribution in [2.24, 2.45) is 4.99 Å². The molecule has 1 heterocycles. The first-order chi connectivity index (χ1) is 10.2. The first kappa shape index (κ1) is 15.8. The number of ether oxygens (including phenoxy) is 2. The predicted octanol–water partition coefficient (Wildman–Crippen LogP) is 2.59. The molecule has 1 atom stereocenters. The Bertz CT molecular complexity index is 494. The number of thioether (sulfide) groups is 1. The molecule has 2 rings (SSSR count). The van der Waals surface area contributed by atoms with Gasteiger partial charge in [0.25, 0.3) is 0 Å². The SMILES string of the molecule is CN=C(NCC(C)SC)Nc1ccc2c(c1)OCCCO2. The molecule has 1 aromatic carbocycles. The lowest BCUT2D eigenvalue weighted by molar-refractivity contribution is 0.297. The van der Waals surface area contributed by atoms with Crippen molar-refractivity contribution in [1.29, 1.82) is 0 Å². The quantitative estimate of drug-likeness (QED) is 0.661. The molecular formula is C15H23N3O2S. The van der Waals surface area contributed by atoms with Crippen LogP contribution in [-0.4, -0.2) is 44.3 Å². The first-order valence-corrected chi connectivity index (χ1v) is 8.42. The molecule has 21 heavy (non-hydrogen) atoms. The summed E-state index contributed by atoms with van der Waals surface area (Å²) in [6.07, 6.45) is 3.01. The van der Waals surface area contributed by atoms with Gasteiger partial charge in [-0.05, 0) is 18.4 Å². The van der Waals surface area contributed by atoms with Crippen LogP contribution in [0.25, 0.3) is 0 Å². The van der Waals surface area contributed by atoms with Crippen molar-refractivity contribution < 1.29 is 9.47 Å². The van der Waals surface area contributed by atoms with E-state index in [1.54, 1.807) is 7.05 Å². The largest absolute Gasteiger partial charge is 0.490 e. The number of benzene rings is 1. The lowest BCUT2D eigenvalue weighted by Crippen LogP contribution is -2.34. The number of hydrogen-bond acceptors (Lipinski definition) is 4. The molecule has 0 aliphatic carbocycles. The number of aliphatic imine (C=N–C) groups is 1. The number of hydrogen-bond donors (Lipinski definition) is 2. The molecule has 0 aromatic heterocycles. The minimum Gasteiger partial charge on any atom is -0.490 e. The van der Waals surface area contributed by atoms with Crippen molar-refractivity contribution in [3.05, 3.63) is 18.2 Å². The third-order valence-electron chi connectivity index (χ3n) is 3.19. The minimum atomic E-state index is 0.535. The van der Waals surface area contributed by atoms with E-state index in [1.807, 2.05) is 30.0 Å². The second-order valence-corrected chi connectivity index (χ2v) is 6.11. The van der Waals surface area contributed by atoms with E-state index in [0.717, 1.165) is 36.1 Å². The molecule has 0 bridgehead atoms. The van der Waals surface area contributed by atoms with Gasteiger partial charge in [0.05, 0.1) is 13.2 Å². The van der Waals surface area contributed by atoms with Crippen molar-refractivity contribution in [3.8, 4) is 11.5 Å². The normalized spacial score (nSPS) is 16.0. The molecular weight excluding hydrogens is 286 g/mol. The number of fused-ring (bicyclic) bond motifs is 1. The van der Waals surface area contributed by atoms with Gasteiger partial charge in [-0.15, -0.1) is 0 Å². The van der Waals surface area contributed by atoms with Gasteiger partial charge in [-0.2, -0.15) is 11.8 Å². The molecule has 0 amide bonds. The Hall–Kier alpha value is -1.56. The zero-order chi connectivity index (χ0) is 15.1. The van der Waals surface area contributed by atoms with Crippen LogP contribution >= 0.6 is 11.8 Å². The van der Waals surface area contributed by atoms with E-state index < -0.39 is 0 Å². The summed E-state index contributed by atoms with van der Waals surface area (Å²) in [5, 5.41) is 7.11. The van der Waals surface area contributed by atoms with Gasteiger partial charge in [-0.1, -0.05) is 6.92 Å². The molecule has 0 saturated carbocycles. The van der Waals surface area contributed by atoms with E-state index in [0.29, 0.717) is 18.5 Å². The topological polar surface area (TPSA) is 54.9 Å². The summed E-state index contributed by atoms with van der Waals surface area (Å²) in [5.41, 5.74) is 0.934. The molecule has 2 N–H and O–H groups in total. The van der Waals surface area contributed by atoms with Crippen LogP contribution in [0.4, 0.5) is 5.69 Å². The Morgan fingerprint density at radius 2 is 2.10 bits per heavy atom.